The summed E-state index contributed by atoms with van der Waals surface area (Å²) < 4.78 is 0. The van der Waals surface area contributed by atoms with Crippen molar-refractivity contribution in [3.8, 4) is 0 Å². The maximum absolute atomic E-state index is 12.0. The van der Waals surface area contributed by atoms with Crippen LogP contribution in [0, 0.1) is 0 Å². The van der Waals surface area contributed by atoms with Crippen LogP contribution in [-0.2, 0) is 4.79 Å². The summed E-state index contributed by atoms with van der Waals surface area (Å²) in [5.74, 6) is 0.218. The van der Waals surface area contributed by atoms with Gasteiger partial charge in [-0.25, -0.2) is 0 Å². The molecule has 0 aliphatic carbocycles. The number of hydrogen-bond donors (Lipinski definition) is 2. The minimum atomic E-state index is -0.272. The molecule has 1 amide bonds. The van der Waals surface area contributed by atoms with Crippen molar-refractivity contribution in [1.82, 2.24) is 10.2 Å². The van der Waals surface area contributed by atoms with Crippen molar-refractivity contribution in [2.24, 2.45) is 4.99 Å². The van der Waals surface area contributed by atoms with Gasteiger partial charge in [0.05, 0.1) is 12.6 Å². The number of unbranched alkanes of at least 4 members (excludes halogenated alkanes) is 11. The first-order chi connectivity index (χ1) is 14.2. The number of aliphatic hydroxyl groups excluding tert-OH is 1. The van der Waals surface area contributed by atoms with Gasteiger partial charge in [-0.3, -0.25) is 9.79 Å². The monoisotopic (exact) mass is 409 g/mol. The third kappa shape index (κ3) is 15.5. The predicted molar refractivity (Wildman–Crippen MR) is 124 cm³/mol. The van der Waals surface area contributed by atoms with Crippen LogP contribution in [0.1, 0.15) is 103 Å². The van der Waals surface area contributed by atoms with Gasteiger partial charge in [0, 0.05) is 32.6 Å². The van der Waals surface area contributed by atoms with Crippen LogP contribution in [0.5, 0.6) is 0 Å². The molecule has 0 saturated carbocycles. The first kappa shape index (κ1) is 26.1. The van der Waals surface area contributed by atoms with Crippen LogP contribution < -0.4 is 5.32 Å². The summed E-state index contributed by atoms with van der Waals surface area (Å²) in [6.45, 7) is 5.75. The lowest BCUT2D eigenvalue weighted by Gasteiger charge is -2.23. The van der Waals surface area contributed by atoms with E-state index in [0.29, 0.717) is 32.6 Å². The van der Waals surface area contributed by atoms with Gasteiger partial charge in [-0.2, -0.15) is 0 Å². The second-order valence-electron chi connectivity index (χ2n) is 8.54. The van der Waals surface area contributed by atoms with Crippen molar-refractivity contribution in [3.05, 3.63) is 0 Å². The van der Waals surface area contributed by atoms with Gasteiger partial charge in [-0.1, -0.05) is 84.0 Å². The highest BCUT2D eigenvalue weighted by Crippen LogP contribution is 2.13. The Labute approximate surface area is 179 Å². The Balaban J connectivity index is 1.86. The molecule has 5 heteroatoms. The van der Waals surface area contributed by atoms with E-state index in [4.69, 9.17) is 0 Å². The zero-order valence-electron chi connectivity index (χ0n) is 19.0. The topological polar surface area (TPSA) is 64.9 Å². The summed E-state index contributed by atoms with van der Waals surface area (Å²) in [5, 5.41) is 13.4. The molecular formula is C24H47N3O2. The Morgan fingerprint density at radius 1 is 1.03 bits per heavy atom. The molecule has 0 spiro atoms. The minimum Gasteiger partial charge on any atom is -0.392 e. The SMILES string of the molecule is CCCCCCCCCCCCCCC(O)CNCCN1CC/N=C\CCC1=O. The maximum atomic E-state index is 12.0. The summed E-state index contributed by atoms with van der Waals surface area (Å²) in [4.78, 5) is 18.2. The molecular weight excluding hydrogens is 362 g/mol. The summed E-state index contributed by atoms with van der Waals surface area (Å²) >= 11 is 0. The number of hydrogen-bond acceptors (Lipinski definition) is 4. The van der Waals surface area contributed by atoms with Gasteiger partial charge in [-0.05, 0) is 19.1 Å². The summed E-state index contributed by atoms with van der Waals surface area (Å²) in [6.07, 6.45) is 19.9. The lowest BCUT2D eigenvalue weighted by atomic mass is 10.0. The summed E-state index contributed by atoms with van der Waals surface area (Å²) in [5.41, 5.74) is 0. The largest absolute Gasteiger partial charge is 0.392 e. The highest BCUT2D eigenvalue weighted by molar-refractivity contribution is 5.79. The van der Waals surface area contributed by atoms with E-state index in [1.807, 2.05) is 11.1 Å². The predicted octanol–water partition coefficient (Wildman–Crippen LogP) is 4.72. The molecule has 0 aromatic heterocycles. The number of amides is 1. The van der Waals surface area contributed by atoms with Crippen LogP contribution in [0.3, 0.4) is 0 Å². The molecule has 29 heavy (non-hydrogen) atoms. The lowest BCUT2D eigenvalue weighted by molar-refractivity contribution is -0.131. The van der Waals surface area contributed by atoms with E-state index in [0.717, 1.165) is 25.8 Å². The summed E-state index contributed by atoms with van der Waals surface area (Å²) in [6, 6.07) is 0. The van der Waals surface area contributed by atoms with Crippen LogP contribution >= 0.6 is 0 Å². The van der Waals surface area contributed by atoms with Crippen LogP contribution in [0.25, 0.3) is 0 Å². The Bertz CT molecular complexity index is 415. The van der Waals surface area contributed by atoms with Crippen LogP contribution in [-0.4, -0.2) is 61.0 Å². The van der Waals surface area contributed by atoms with Crippen LogP contribution in [0.2, 0.25) is 0 Å². The van der Waals surface area contributed by atoms with Crippen molar-refractivity contribution < 1.29 is 9.90 Å². The van der Waals surface area contributed by atoms with Gasteiger partial charge < -0.3 is 15.3 Å². The standard InChI is InChI=1S/C24H47N3O2/c1-2-3-4-5-6-7-8-9-10-11-12-13-15-23(28)22-26-19-21-27-20-18-25-17-14-16-24(27)29/h17,23,26,28H,2-16,18-22H2,1H3/b25-17-. The molecule has 0 radical (unpaired) electrons. The van der Waals surface area contributed by atoms with Gasteiger partial charge in [0.15, 0.2) is 0 Å². The van der Waals surface area contributed by atoms with E-state index in [9.17, 15) is 9.90 Å². The molecule has 5 nitrogen and oxygen atoms in total. The fraction of sp³-hybridized carbons (Fsp3) is 0.917. The first-order valence-electron chi connectivity index (χ1n) is 12.4. The van der Waals surface area contributed by atoms with Crippen molar-refractivity contribution in [2.45, 2.75) is 109 Å². The van der Waals surface area contributed by atoms with E-state index in [2.05, 4.69) is 17.2 Å². The Morgan fingerprint density at radius 2 is 1.66 bits per heavy atom. The molecule has 0 bridgehead atoms. The van der Waals surface area contributed by atoms with Crippen molar-refractivity contribution in [1.29, 1.82) is 0 Å². The second kappa shape index (κ2) is 19.0. The average molecular weight is 410 g/mol. The molecule has 0 saturated heterocycles. The third-order valence-corrected chi connectivity index (χ3v) is 5.80. The van der Waals surface area contributed by atoms with Crippen LogP contribution in [0.4, 0.5) is 0 Å². The molecule has 1 aliphatic heterocycles. The molecule has 1 aliphatic rings. The average Bonchev–Trinajstić information content (AvgIpc) is 2.70. The first-order valence-corrected chi connectivity index (χ1v) is 12.4. The molecule has 0 fully saturated rings. The van der Waals surface area contributed by atoms with E-state index in [1.165, 1.54) is 70.6 Å². The van der Waals surface area contributed by atoms with Crippen LogP contribution in [0.15, 0.2) is 4.99 Å². The fourth-order valence-electron chi connectivity index (χ4n) is 3.87. The second-order valence-corrected chi connectivity index (χ2v) is 8.54. The Hall–Kier alpha value is -0.940. The number of rotatable bonds is 18. The number of carbonyl (C=O) groups is 1. The normalized spacial score (nSPS) is 17.2. The zero-order chi connectivity index (χ0) is 21.0. The molecule has 2 N–H and O–H groups in total. The molecule has 0 aromatic rings. The van der Waals surface area contributed by atoms with Crippen molar-refractivity contribution in [2.75, 3.05) is 32.7 Å². The van der Waals surface area contributed by atoms with E-state index < -0.39 is 0 Å². The number of nitrogens with zero attached hydrogens (tertiary/aromatic N) is 2. The molecule has 0 aromatic carbocycles. The van der Waals surface area contributed by atoms with Crippen molar-refractivity contribution >= 4 is 12.1 Å². The highest BCUT2D eigenvalue weighted by Gasteiger charge is 2.13. The zero-order valence-corrected chi connectivity index (χ0v) is 19.0. The highest BCUT2D eigenvalue weighted by atomic mass is 16.3. The number of aliphatic imine (C=N–C) groups is 1. The van der Waals surface area contributed by atoms with Gasteiger partial charge in [0.1, 0.15) is 0 Å². The minimum absolute atomic E-state index is 0.218. The molecule has 1 heterocycles. The quantitative estimate of drug-likeness (QED) is 0.322. The number of carbonyl (C=O) groups excluding carboxylic acids is 1. The van der Waals surface area contributed by atoms with E-state index >= 15 is 0 Å². The summed E-state index contributed by atoms with van der Waals surface area (Å²) in [7, 11) is 0. The molecule has 170 valence electrons. The Kier molecular flexibility index (Phi) is 17.1. The number of nitrogens with one attached hydrogen (secondary N) is 1. The van der Waals surface area contributed by atoms with Gasteiger partial charge in [0.2, 0.25) is 5.91 Å². The fourth-order valence-corrected chi connectivity index (χ4v) is 3.87. The molecule has 1 unspecified atom stereocenters. The molecule has 1 atom stereocenters. The maximum Gasteiger partial charge on any atom is 0.223 e. The Morgan fingerprint density at radius 3 is 2.31 bits per heavy atom. The number of aliphatic hydroxyl groups is 1. The van der Waals surface area contributed by atoms with E-state index in [1.54, 1.807) is 0 Å². The van der Waals surface area contributed by atoms with Crippen molar-refractivity contribution in [3.63, 3.8) is 0 Å². The van der Waals surface area contributed by atoms with Gasteiger partial charge >= 0.3 is 0 Å². The van der Waals surface area contributed by atoms with Gasteiger partial charge in [-0.15, -0.1) is 0 Å². The van der Waals surface area contributed by atoms with E-state index in [-0.39, 0.29) is 12.0 Å². The van der Waals surface area contributed by atoms with Gasteiger partial charge in [0.25, 0.3) is 0 Å². The lowest BCUT2D eigenvalue weighted by Crippen LogP contribution is -2.40. The third-order valence-electron chi connectivity index (χ3n) is 5.80. The smallest absolute Gasteiger partial charge is 0.223 e. The molecule has 1 rings (SSSR count).